The molecule has 1 heterocycles. The van der Waals surface area contributed by atoms with Crippen molar-refractivity contribution >= 4 is 22.9 Å². The van der Waals surface area contributed by atoms with Gasteiger partial charge in [-0.3, -0.25) is 14.6 Å². The lowest BCUT2D eigenvalue weighted by atomic mass is 9.99. The van der Waals surface area contributed by atoms with E-state index >= 15 is 0 Å². The van der Waals surface area contributed by atoms with Crippen LogP contribution in [0.4, 0.5) is 0 Å². The largest absolute Gasteiger partial charge is 0.506 e. The van der Waals surface area contributed by atoms with Gasteiger partial charge in [-0.25, -0.2) is 4.98 Å². The molecule has 0 bridgehead atoms. The van der Waals surface area contributed by atoms with Gasteiger partial charge in [-0.15, -0.1) is 0 Å². The maximum absolute atomic E-state index is 13.0. The van der Waals surface area contributed by atoms with E-state index in [0.717, 1.165) is 11.1 Å². The van der Waals surface area contributed by atoms with Gasteiger partial charge in [0.1, 0.15) is 23.4 Å². The summed E-state index contributed by atoms with van der Waals surface area (Å²) in [6, 6.07) is 20.5. The van der Waals surface area contributed by atoms with E-state index in [-0.39, 0.29) is 30.0 Å². The van der Waals surface area contributed by atoms with E-state index in [1.807, 2.05) is 60.7 Å². The van der Waals surface area contributed by atoms with Gasteiger partial charge in [-0.2, -0.15) is 0 Å². The molecule has 0 saturated carbocycles. The van der Waals surface area contributed by atoms with Crippen molar-refractivity contribution in [1.29, 1.82) is 0 Å². The number of hydrogen-bond donors (Lipinski definition) is 2. The zero-order valence-electron chi connectivity index (χ0n) is 17.4. The predicted molar refractivity (Wildman–Crippen MR) is 121 cm³/mol. The number of nitrogens with zero attached hydrogens (tertiary/aromatic N) is 2. The van der Waals surface area contributed by atoms with Crippen LogP contribution in [0.5, 0.6) is 5.75 Å². The molecule has 7 nitrogen and oxygen atoms in total. The van der Waals surface area contributed by atoms with Crippen molar-refractivity contribution in [3.05, 3.63) is 78.5 Å². The second kappa shape index (κ2) is 9.26. The highest BCUT2D eigenvalue weighted by molar-refractivity contribution is 6.10. The van der Waals surface area contributed by atoms with Gasteiger partial charge in [0.2, 0.25) is 0 Å². The second-order valence-corrected chi connectivity index (χ2v) is 6.99. The number of esters is 1. The second-order valence-electron chi connectivity index (χ2n) is 6.99. The molecule has 0 unspecified atom stereocenters. The lowest BCUT2D eigenvalue weighted by molar-refractivity contribution is -0.141. The molecule has 2 N–H and O–H groups in total. The number of carbonyl (C=O) groups is 2. The van der Waals surface area contributed by atoms with Crippen molar-refractivity contribution in [2.75, 3.05) is 13.2 Å². The summed E-state index contributed by atoms with van der Waals surface area (Å²) >= 11 is 0. The number of amides is 1. The van der Waals surface area contributed by atoms with Gasteiger partial charge in [0, 0.05) is 11.1 Å². The van der Waals surface area contributed by atoms with Crippen molar-refractivity contribution in [2.45, 2.75) is 6.92 Å². The maximum Gasteiger partial charge on any atom is 0.325 e. The molecule has 0 aliphatic carbocycles. The van der Waals surface area contributed by atoms with E-state index in [0.29, 0.717) is 16.8 Å². The fraction of sp³-hybridized carbons (Fsp3) is 0.120. The molecule has 32 heavy (non-hydrogen) atoms. The van der Waals surface area contributed by atoms with Crippen LogP contribution < -0.4 is 5.32 Å². The van der Waals surface area contributed by atoms with E-state index in [1.165, 1.54) is 0 Å². The molecule has 0 spiro atoms. The minimum atomic E-state index is -0.639. The minimum Gasteiger partial charge on any atom is -0.506 e. The highest BCUT2D eigenvalue weighted by Crippen LogP contribution is 2.37. The minimum absolute atomic E-state index is 0.0437. The normalized spacial score (nSPS) is 10.7. The van der Waals surface area contributed by atoms with E-state index in [2.05, 4.69) is 10.3 Å². The summed E-state index contributed by atoms with van der Waals surface area (Å²) in [5.41, 5.74) is 3.33. The first-order valence-corrected chi connectivity index (χ1v) is 10.2. The first-order chi connectivity index (χ1) is 15.6. The Kier molecular flexibility index (Phi) is 6.07. The first kappa shape index (κ1) is 21.0. The third-order valence-corrected chi connectivity index (χ3v) is 4.89. The topological polar surface area (TPSA) is 101 Å². The quantitative estimate of drug-likeness (QED) is 0.452. The standard InChI is InChI=1S/C25H21N3O4/c1-2-32-21(29)15-27-25(31)22-23-19(13-18(24(22)30)16-9-5-3-6-10-16)28-20(14-26-23)17-11-7-4-8-12-17/h3-14,30H,2,15H2,1H3,(H,27,31). The third kappa shape index (κ3) is 4.27. The highest BCUT2D eigenvalue weighted by Gasteiger charge is 2.23. The predicted octanol–water partition coefficient (Wildman–Crippen LogP) is 3.96. The first-order valence-electron chi connectivity index (χ1n) is 10.2. The fourth-order valence-corrected chi connectivity index (χ4v) is 3.40. The SMILES string of the molecule is CCOC(=O)CNC(=O)c1c(O)c(-c2ccccc2)cc2nc(-c3ccccc3)cnc12. The zero-order valence-corrected chi connectivity index (χ0v) is 17.4. The molecule has 0 atom stereocenters. The zero-order chi connectivity index (χ0) is 22.5. The molecule has 4 aromatic rings. The van der Waals surface area contributed by atoms with Crippen LogP contribution in [0, 0.1) is 0 Å². The van der Waals surface area contributed by atoms with Gasteiger partial charge in [-0.1, -0.05) is 60.7 Å². The number of ether oxygens (including phenoxy) is 1. The molecule has 160 valence electrons. The van der Waals surface area contributed by atoms with Crippen LogP contribution in [0.15, 0.2) is 72.9 Å². The van der Waals surface area contributed by atoms with Crippen molar-refractivity contribution in [3.8, 4) is 28.1 Å². The van der Waals surface area contributed by atoms with Gasteiger partial charge in [-0.05, 0) is 18.6 Å². The highest BCUT2D eigenvalue weighted by atomic mass is 16.5. The van der Waals surface area contributed by atoms with Crippen LogP contribution in [0.25, 0.3) is 33.4 Å². The van der Waals surface area contributed by atoms with Gasteiger partial charge in [0.05, 0.1) is 24.0 Å². The van der Waals surface area contributed by atoms with Crippen molar-refractivity contribution in [1.82, 2.24) is 15.3 Å². The number of phenolic OH excluding ortho intramolecular Hbond substituents is 1. The van der Waals surface area contributed by atoms with Crippen LogP contribution in [0.2, 0.25) is 0 Å². The molecule has 4 rings (SSSR count). The molecule has 0 aliphatic heterocycles. The number of fused-ring (bicyclic) bond motifs is 1. The Labute approximate surface area is 184 Å². The smallest absolute Gasteiger partial charge is 0.325 e. The number of carbonyl (C=O) groups excluding carboxylic acids is 2. The molecular formula is C25H21N3O4. The van der Waals surface area contributed by atoms with Gasteiger partial charge >= 0.3 is 5.97 Å². The van der Waals surface area contributed by atoms with E-state index in [1.54, 1.807) is 19.2 Å². The summed E-state index contributed by atoms with van der Waals surface area (Å²) in [5, 5.41) is 13.5. The molecule has 0 radical (unpaired) electrons. The number of phenols is 1. The lowest BCUT2D eigenvalue weighted by Gasteiger charge is -2.14. The van der Waals surface area contributed by atoms with Crippen molar-refractivity contribution in [3.63, 3.8) is 0 Å². The molecule has 1 aromatic heterocycles. The van der Waals surface area contributed by atoms with Crippen LogP contribution >= 0.6 is 0 Å². The molecule has 3 aromatic carbocycles. The van der Waals surface area contributed by atoms with E-state index < -0.39 is 11.9 Å². The average molecular weight is 427 g/mol. The van der Waals surface area contributed by atoms with E-state index in [4.69, 9.17) is 9.72 Å². The Morgan fingerprint density at radius 3 is 2.31 bits per heavy atom. The van der Waals surface area contributed by atoms with Crippen molar-refractivity contribution in [2.24, 2.45) is 0 Å². The lowest BCUT2D eigenvalue weighted by Crippen LogP contribution is -2.31. The van der Waals surface area contributed by atoms with Gasteiger partial charge in [0.15, 0.2) is 0 Å². The summed E-state index contributed by atoms with van der Waals surface area (Å²) in [7, 11) is 0. The van der Waals surface area contributed by atoms with Crippen LogP contribution in [0.1, 0.15) is 17.3 Å². The summed E-state index contributed by atoms with van der Waals surface area (Å²) in [4.78, 5) is 33.8. The van der Waals surface area contributed by atoms with Gasteiger partial charge < -0.3 is 15.2 Å². The van der Waals surface area contributed by atoms with Crippen molar-refractivity contribution < 1.29 is 19.4 Å². The fourth-order valence-electron chi connectivity index (χ4n) is 3.40. The van der Waals surface area contributed by atoms with Crippen LogP contribution in [-0.4, -0.2) is 40.1 Å². The number of benzene rings is 3. The Balaban J connectivity index is 1.85. The Bertz CT molecular complexity index is 1270. The van der Waals surface area contributed by atoms with E-state index in [9.17, 15) is 14.7 Å². The number of aromatic hydroxyl groups is 1. The summed E-state index contributed by atoms with van der Waals surface area (Å²) in [6.07, 6.45) is 1.56. The monoisotopic (exact) mass is 427 g/mol. The molecule has 1 amide bonds. The summed E-state index contributed by atoms with van der Waals surface area (Å²) < 4.78 is 4.86. The molecule has 0 fully saturated rings. The van der Waals surface area contributed by atoms with Crippen LogP contribution in [0.3, 0.4) is 0 Å². The number of nitrogens with one attached hydrogen (secondary N) is 1. The number of aromatic nitrogens is 2. The Hall–Kier alpha value is -4.26. The summed E-state index contributed by atoms with van der Waals surface area (Å²) in [5.74, 6) is -1.44. The molecular weight excluding hydrogens is 406 g/mol. The molecule has 0 aliphatic rings. The third-order valence-electron chi connectivity index (χ3n) is 4.89. The number of rotatable bonds is 6. The van der Waals surface area contributed by atoms with Gasteiger partial charge in [0.25, 0.3) is 5.91 Å². The average Bonchev–Trinajstić information content (AvgIpc) is 2.83. The molecule has 7 heteroatoms. The number of hydrogen-bond acceptors (Lipinski definition) is 6. The molecule has 0 saturated heterocycles. The maximum atomic E-state index is 13.0. The summed E-state index contributed by atoms with van der Waals surface area (Å²) in [6.45, 7) is 1.57. The van der Waals surface area contributed by atoms with Crippen LogP contribution in [-0.2, 0) is 9.53 Å². The Morgan fingerprint density at radius 1 is 1.00 bits per heavy atom. The Morgan fingerprint density at radius 2 is 1.66 bits per heavy atom.